The van der Waals surface area contributed by atoms with Crippen LogP contribution in [0.25, 0.3) is 0 Å². The Hall–Kier alpha value is -5.41. The highest BCUT2D eigenvalue weighted by atomic mass is 35.5. The quantitative estimate of drug-likeness (QED) is 0.0654. The third-order valence-electron chi connectivity index (χ3n) is 6.72. The van der Waals surface area contributed by atoms with Gasteiger partial charge in [-0.1, -0.05) is 13.8 Å². The van der Waals surface area contributed by atoms with E-state index in [1.54, 1.807) is 0 Å². The fourth-order valence-electron chi connectivity index (χ4n) is 4.45. The summed E-state index contributed by atoms with van der Waals surface area (Å²) < 4.78 is 0. The van der Waals surface area contributed by atoms with Gasteiger partial charge in [0.25, 0.3) is 23.6 Å². The average molecular weight is 729 g/mol. The topological polar surface area (TPSA) is 341 Å². The molecule has 0 unspecified atom stereocenters. The molecule has 22 heteroatoms. The van der Waals surface area contributed by atoms with Crippen LogP contribution in [0.4, 0.5) is 0 Å². The van der Waals surface area contributed by atoms with Gasteiger partial charge in [0.1, 0.15) is 17.4 Å². The summed E-state index contributed by atoms with van der Waals surface area (Å²) in [5, 5.41) is 39.6. The number of nitrogens with two attached hydrogens (primary N) is 1. The van der Waals surface area contributed by atoms with Gasteiger partial charge in [0.15, 0.2) is 17.2 Å². The van der Waals surface area contributed by atoms with Crippen molar-refractivity contribution in [3.63, 3.8) is 0 Å². The number of aromatic amines is 2. The molecule has 0 bridgehead atoms. The molecule has 2 rings (SSSR count). The van der Waals surface area contributed by atoms with Crippen LogP contribution in [0.5, 0.6) is 0 Å². The summed E-state index contributed by atoms with van der Waals surface area (Å²) in [5.41, 5.74) is 4.31. The zero-order chi connectivity index (χ0) is 36.8. The molecule has 50 heavy (non-hydrogen) atoms. The van der Waals surface area contributed by atoms with Gasteiger partial charge in [0.2, 0.25) is 0 Å². The zero-order valence-corrected chi connectivity index (χ0v) is 28.1. The lowest BCUT2D eigenvalue weighted by atomic mass is 10.0. The minimum absolute atomic E-state index is 0. The number of amides is 4. The lowest BCUT2D eigenvalue weighted by molar-refractivity contribution is -0.145. The first kappa shape index (κ1) is 42.6. The van der Waals surface area contributed by atoms with E-state index >= 15 is 0 Å². The second-order valence-corrected chi connectivity index (χ2v) is 11.3. The summed E-state index contributed by atoms with van der Waals surface area (Å²) in [5.74, 6) is -8.58. The number of hydrogen-bond donors (Lipinski definition) is 11. The van der Waals surface area contributed by atoms with Crippen molar-refractivity contribution in [3.8, 4) is 0 Å². The predicted molar refractivity (Wildman–Crippen MR) is 174 cm³/mol. The second-order valence-electron chi connectivity index (χ2n) is 11.3. The van der Waals surface area contributed by atoms with Gasteiger partial charge < -0.3 is 57.6 Å². The molecule has 0 radical (unpaired) electrons. The highest BCUT2D eigenvalue weighted by Gasteiger charge is 2.30. The number of nitrogens with one attached hydrogen (secondary N) is 7. The van der Waals surface area contributed by atoms with Crippen LogP contribution in [0.3, 0.4) is 0 Å². The Kier molecular flexibility index (Phi) is 17.2. The van der Waals surface area contributed by atoms with E-state index in [-0.39, 0.29) is 48.8 Å². The lowest BCUT2D eigenvalue weighted by Gasteiger charge is -2.19. The van der Waals surface area contributed by atoms with Crippen LogP contribution in [0.15, 0.2) is 12.7 Å². The number of carboxylic acids is 3. The minimum Gasteiger partial charge on any atom is -0.481 e. The van der Waals surface area contributed by atoms with E-state index in [0.29, 0.717) is 6.42 Å². The van der Waals surface area contributed by atoms with E-state index in [0.717, 1.165) is 12.7 Å². The highest BCUT2D eigenvalue weighted by molar-refractivity contribution is 6.07. The molecule has 0 fully saturated rings. The summed E-state index contributed by atoms with van der Waals surface area (Å²) in [7, 11) is 0. The number of aliphatic carboxylic acids is 3. The van der Waals surface area contributed by atoms with Gasteiger partial charge in [-0.25, -0.2) is 14.8 Å². The molecule has 0 aromatic carbocycles. The van der Waals surface area contributed by atoms with Crippen molar-refractivity contribution in [1.82, 2.24) is 46.5 Å². The van der Waals surface area contributed by atoms with E-state index in [4.69, 9.17) is 15.9 Å². The maximum atomic E-state index is 13.0. The first-order valence-electron chi connectivity index (χ1n) is 14.9. The average Bonchev–Trinajstić information content (AvgIpc) is 3.70. The van der Waals surface area contributed by atoms with Gasteiger partial charge in [0.05, 0.1) is 38.1 Å². The van der Waals surface area contributed by atoms with E-state index in [2.05, 4.69) is 41.2 Å². The Morgan fingerprint density at radius 2 is 1.22 bits per heavy atom. The fourth-order valence-corrected chi connectivity index (χ4v) is 4.45. The maximum Gasteiger partial charge on any atom is 0.326 e. The van der Waals surface area contributed by atoms with Crippen molar-refractivity contribution in [2.24, 2.45) is 11.7 Å². The monoisotopic (exact) mass is 728 g/mol. The van der Waals surface area contributed by atoms with Gasteiger partial charge in [0, 0.05) is 25.2 Å². The van der Waals surface area contributed by atoms with Crippen molar-refractivity contribution in [3.05, 3.63) is 35.4 Å². The maximum absolute atomic E-state index is 13.0. The first-order valence-corrected chi connectivity index (χ1v) is 14.9. The number of aromatic nitrogens is 4. The Bertz CT molecular complexity index is 1540. The number of halogens is 1. The van der Waals surface area contributed by atoms with Crippen molar-refractivity contribution in [2.75, 3.05) is 19.6 Å². The number of hydrogen-bond acceptors (Lipinski definition) is 12. The Morgan fingerprint density at radius 3 is 1.68 bits per heavy atom. The number of rotatable bonds is 21. The largest absolute Gasteiger partial charge is 0.481 e. The van der Waals surface area contributed by atoms with Crippen molar-refractivity contribution in [1.29, 1.82) is 0 Å². The van der Waals surface area contributed by atoms with Gasteiger partial charge in [-0.15, -0.1) is 12.4 Å². The molecule has 0 saturated heterocycles. The standard InChI is InChI=1S/C28H40N10O11.ClH/c1-12(2)4-14(7-29)36-25(45)21-23(34-11-32-21)26(46)37-15(5-18(40)41)17(39)9-30-8-13(3)35-24(44)20-22(33-10-31-20)27(47)38-16(28(48)49)6-19(42)43;/h10-16,30H,4-9,29H2,1-3H3,(H,31,33)(H,32,34)(H,35,44)(H,36,45)(H,37,46)(H,38,47)(H,40,41)(H,42,43)(H,48,49);1H/t13-,14-,15-,16-;/m0./s1. The number of H-pyrrole nitrogens is 2. The van der Waals surface area contributed by atoms with Gasteiger partial charge in [-0.3, -0.25) is 33.6 Å². The number of nitrogens with zero attached hydrogens (tertiary/aromatic N) is 2. The van der Waals surface area contributed by atoms with E-state index < -0.39 is 96.2 Å². The molecule has 2 heterocycles. The van der Waals surface area contributed by atoms with Crippen LogP contribution < -0.4 is 32.3 Å². The third kappa shape index (κ3) is 13.2. The molecule has 4 amide bonds. The van der Waals surface area contributed by atoms with Gasteiger partial charge in [-0.05, 0) is 19.3 Å². The molecule has 0 aliphatic rings. The molecule has 2 aromatic rings. The number of carbonyl (C=O) groups excluding carboxylic acids is 5. The number of ketones is 1. The Labute approximate surface area is 290 Å². The molecule has 0 saturated carbocycles. The van der Waals surface area contributed by atoms with Crippen LogP contribution in [-0.2, 0) is 19.2 Å². The minimum atomic E-state index is -1.77. The summed E-state index contributed by atoms with van der Waals surface area (Å²) in [6, 6.07) is -4.38. The van der Waals surface area contributed by atoms with Crippen molar-refractivity contribution >= 4 is 59.7 Å². The molecule has 21 nitrogen and oxygen atoms in total. The molecule has 4 atom stereocenters. The molecule has 276 valence electrons. The Morgan fingerprint density at radius 1 is 0.740 bits per heavy atom. The predicted octanol–water partition coefficient (Wildman–Crippen LogP) is -2.13. The van der Waals surface area contributed by atoms with E-state index in [1.165, 1.54) is 6.92 Å². The zero-order valence-electron chi connectivity index (χ0n) is 27.3. The van der Waals surface area contributed by atoms with Crippen LogP contribution in [-0.4, -0.2) is 126 Å². The molecular weight excluding hydrogens is 688 g/mol. The first-order chi connectivity index (χ1) is 23.0. The number of carbonyl (C=O) groups is 8. The Balaban J connectivity index is 0.0000125. The summed E-state index contributed by atoms with van der Waals surface area (Å²) in [6.07, 6.45) is 0.976. The van der Waals surface area contributed by atoms with E-state index in [1.807, 2.05) is 19.2 Å². The van der Waals surface area contributed by atoms with Crippen molar-refractivity contribution in [2.45, 2.75) is 64.2 Å². The highest BCUT2D eigenvalue weighted by Crippen LogP contribution is 2.09. The van der Waals surface area contributed by atoms with E-state index in [9.17, 15) is 43.5 Å². The summed E-state index contributed by atoms with van der Waals surface area (Å²) in [6.45, 7) is 5.06. The van der Waals surface area contributed by atoms with Crippen LogP contribution >= 0.6 is 12.4 Å². The third-order valence-corrected chi connectivity index (χ3v) is 6.72. The number of Topliss-reactive ketones (excluding diaryl/α,β-unsaturated/α-hetero) is 1. The smallest absolute Gasteiger partial charge is 0.326 e. The fraction of sp³-hybridized carbons (Fsp3) is 0.500. The van der Waals surface area contributed by atoms with Crippen LogP contribution in [0.2, 0.25) is 0 Å². The SMILES string of the molecule is CC(C)C[C@@H](CN)NC(=O)c1nc[nH]c1C(=O)N[C@@H](CC(=O)O)C(=O)CNC[C@H](C)NC(=O)c1nc[nH]c1C(=O)N[C@@H](CC(=O)O)C(=O)O.Cl. The molecule has 0 spiro atoms. The van der Waals surface area contributed by atoms with Crippen molar-refractivity contribution < 1.29 is 53.7 Å². The lowest BCUT2D eigenvalue weighted by Crippen LogP contribution is -2.48. The molecule has 2 aromatic heterocycles. The summed E-state index contributed by atoms with van der Waals surface area (Å²) >= 11 is 0. The summed E-state index contributed by atoms with van der Waals surface area (Å²) in [4.78, 5) is 110. The normalized spacial score (nSPS) is 13.1. The number of imidazole rings is 2. The number of carboxylic acid groups (broad SMARTS) is 3. The molecular formula is C28H41ClN10O11. The van der Waals surface area contributed by atoms with Crippen LogP contribution in [0.1, 0.15) is 82.0 Å². The van der Waals surface area contributed by atoms with Gasteiger partial charge in [-0.2, -0.15) is 0 Å². The van der Waals surface area contributed by atoms with Gasteiger partial charge >= 0.3 is 17.9 Å². The van der Waals surface area contributed by atoms with Crippen LogP contribution in [0, 0.1) is 5.92 Å². The molecule has 12 N–H and O–H groups in total. The molecule has 0 aliphatic heterocycles. The second kappa shape index (κ2) is 20.2. The molecule has 0 aliphatic carbocycles.